The van der Waals surface area contributed by atoms with Crippen LogP contribution in [0.2, 0.25) is 0 Å². The predicted molar refractivity (Wildman–Crippen MR) is 649 cm³/mol. The molecule has 9 rings (SSSR count). The van der Waals surface area contributed by atoms with Gasteiger partial charge in [-0.1, -0.05) is 83.0 Å². The van der Waals surface area contributed by atoms with Gasteiger partial charge in [0.15, 0.2) is 0 Å². The average molecular weight is 2150 g/mol. The molecule has 0 amide bonds. The Hall–Kier alpha value is -2.08. The van der Waals surface area contributed by atoms with Gasteiger partial charge in [-0.15, -0.1) is 0 Å². The van der Waals surface area contributed by atoms with Crippen LogP contribution in [0.25, 0.3) is 0 Å². The van der Waals surface area contributed by atoms with E-state index in [1.807, 2.05) is 7.11 Å². The first kappa shape index (κ1) is 159. The summed E-state index contributed by atoms with van der Waals surface area (Å²) in [5.74, 6) is 3.19. The lowest BCUT2D eigenvalue weighted by Gasteiger charge is -2.33. The van der Waals surface area contributed by atoms with Gasteiger partial charge in [0.05, 0.1) is 102 Å². The fourth-order valence-electron chi connectivity index (χ4n) is 15.3. The van der Waals surface area contributed by atoms with Crippen molar-refractivity contribution in [2.45, 2.75) is 458 Å². The molecule has 4 saturated heterocycles. The highest BCUT2D eigenvalue weighted by molar-refractivity contribution is 5.23. The maximum absolute atomic E-state index is 5.56. The molecule has 26 nitrogen and oxygen atoms in total. The number of aryl methyl sites for hydroxylation is 1. The summed E-state index contributed by atoms with van der Waals surface area (Å²) >= 11 is 0. The third-order valence-electron chi connectivity index (χ3n) is 29.8. The third kappa shape index (κ3) is 91.6. The molecule has 7 fully saturated rings. The number of likely N-dealkylation sites (tertiary alicyclic amines) is 1. The summed E-state index contributed by atoms with van der Waals surface area (Å²) in [6.07, 6.45) is 24.3. The average Bonchev–Trinajstić information content (AvgIpc) is 1.72. The molecule has 1 aromatic rings. The second-order valence-electron chi connectivity index (χ2n) is 47.5. The van der Waals surface area contributed by atoms with Crippen LogP contribution in [0.4, 0.5) is 0 Å². The summed E-state index contributed by atoms with van der Waals surface area (Å²) in [7, 11) is 38.6. The second kappa shape index (κ2) is 99.9. The summed E-state index contributed by atoms with van der Waals surface area (Å²) in [4.78, 5) is 28.2. The van der Waals surface area contributed by atoms with Gasteiger partial charge in [-0.3, -0.25) is 19.6 Å². The van der Waals surface area contributed by atoms with E-state index in [-0.39, 0.29) is 12.2 Å². The molecular formula is C124H264N12O14. The summed E-state index contributed by atoms with van der Waals surface area (Å²) in [5, 5.41) is 0. The zero-order valence-electron chi connectivity index (χ0n) is 110. The van der Waals surface area contributed by atoms with Crippen LogP contribution < -0.4 is 0 Å². The highest BCUT2D eigenvalue weighted by Crippen LogP contribution is 2.31. The van der Waals surface area contributed by atoms with E-state index in [0.29, 0.717) is 115 Å². The molecule has 5 aliphatic heterocycles. The number of hydrogen-bond acceptors (Lipinski definition) is 26. The molecule has 3 aliphatic carbocycles. The van der Waals surface area contributed by atoms with Crippen LogP contribution in [0.15, 0.2) is 35.9 Å². The zero-order valence-corrected chi connectivity index (χ0v) is 110. The smallest absolute Gasteiger partial charge is 0.0947 e. The lowest BCUT2D eigenvalue weighted by atomic mass is 9.99. The van der Waals surface area contributed by atoms with E-state index in [1.165, 1.54) is 127 Å². The van der Waals surface area contributed by atoms with Crippen LogP contribution in [-0.4, -0.2) is 472 Å². The highest BCUT2D eigenvalue weighted by Gasteiger charge is 2.31. The van der Waals surface area contributed by atoms with Crippen LogP contribution in [0, 0.1) is 30.6 Å². The lowest BCUT2D eigenvalue weighted by molar-refractivity contribution is -0.0115. The minimum absolute atomic E-state index is 0.160. The molecule has 1 aromatic carbocycles. The molecular weight excluding hydrogens is 1880 g/mol. The van der Waals surface area contributed by atoms with Crippen molar-refractivity contribution in [2.75, 3.05) is 286 Å². The van der Waals surface area contributed by atoms with E-state index in [9.17, 15) is 0 Å². The van der Waals surface area contributed by atoms with Gasteiger partial charge < -0.3 is 106 Å². The SMILES string of the molecule is CC(C)C1=CCOCC1.CC(C)C1CCCCO1.CC(C)C1CCCO1.CC(C)N(C)C.CC(C)N(C)C1CC1.CC(C)N(C)CC1CC1.CC(C)N1CCCOCC1.COC(C)CN(C)C(C)C.COC(CN(C)C(C)C)c1ccc(C)cc1.COC1CCN(C(C)C)CC1.COCC(C)N(C)C(C)C.COCC(CN(C)C(C)C)OC.COCC(COC)N(C)C(C)C.COCCN(C(C)C)C1CC1.COCCN(C)C(C)C. The summed E-state index contributed by atoms with van der Waals surface area (Å²) in [6.45, 7) is 93.9. The van der Waals surface area contributed by atoms with Crippen LogP contribution in [0.1, 0.15) is 335 Å². The standard InChI is InChI=1S/C14H23NO.2C9H21NO2.2C9H19NO.C8H17NO.2C8H19NO.C8H17N.C8H14O.C8H16O.C7H17NO.C7H15N.C7H14O.C5H13N/c1-11(2)15(4)10-14(16-5)13-8-6-12(3)7-9-13;1-8(2)10(3)9(6-11-4)7-12-5;1-8(2)10(3)6-9(12-5)7-11-4;1-8(2)10-6-4-9(11-3)5-7-10;1-8(2)10(6-7-11-3)9-4-5-9;1-8(2)9-4-3-6-10-7-5-9;1-7(2)9(4)8(3)6-10-5;1-7(2)9(4)6-8(3)10-5;1-7(2)9(3)6-8-4-5-8;1-7(2)8-3-5-9-6-4-8;1-7(2)8-5-3-4-6-9-8;1-7(2)8(3)5-6-9-4;1-6(2)8(3)7-4-5-7;1-6(2)7-4-3-5-8-7;1-5(2)6(3)4/h6-9,11,14H,10H2,1-5H3;2*8-9H,6-7H2,1-5H3;2*8-9H,4-7H2,1-3H3;8H,3-7H2,1-2H3;2*7-8H,6H2,1-5H3;7-8H,4-6H2,1-3H3;3,7H,4-6H2,1-2H3;7-8H,3-6H2,1-2H3;7H,5-6H2,1-4H3;6-7H,4-5H2,1-3H3;6-7H,3-5H2,1-2H3;5H,1-4H3. The number of likely N-dealkylation sites (N-methyl/N-ethyl adjacent to an activating group) is 6. The molecule has 0 radical (unpaired) electrons. The van der Waals surface area contributed by atoms with E-state index in [2.05, 4.69) is 388 Å². The molecule has 6 unspecified atom stereocenters. The molecule has 0 bridgehead atoms. The van der Waals surface area contributed by atoms with Gasteiger partial charge in [0.25, 0.3) is 0 Å². The molecule has 6 atom stereocenters. The van der Waals surface area contributed by atoms with Crippen molar-refractivity contribution in [3.8, 4) is 0 Å². The van der Waals surface area contributed by atoms with Crippen molar-refractivity contribution in [1.29, 1.82) is 0 Å². The minimum atomic E-state index is 0.160. The van der Waals surface area contributed by atoms with E-state index < -0.39 is 0 Å². The van der Waals surface area contributed by atoms with E-state index in [0.717, 1.165) is 154 Å². The van der Waals surface area contributed by atoms with Gasteiger partial charge in [-0.05, 0) is 383 Å². The van der Waals surface area contributed by atoms with E-state index in [4.69, 9.17) is 66.3 Å². The van der Waals surface area contributed by atoms with Crippen molar-refractivity contribution in [2.24, 2.45) is 23.7 Å². The van der Waals surface area contributed by atoms with Gasteiger partial charge in [0, 0.05) is 247 Å². The molecule has 5 heterocycles. The Bertz CT molecular complexity index is 2950. The van der Waals surface area contributed by atoms with E-state index >= 15 is 0 Å². The Morgan fingerprint density at radius 3 is 1.15 bits per heavy atom. The van der Waals surface area contributed by atoms with Crippen molar-refractivity contribution in [1.82, 2.24) is 58.8 Å². The third-order valence-corrected chi connectivity index (χ3v) is 29.8. The molecule has 0 spiro atoms. The summed E-state index contributed by atoms with van der Waals surface area (Å²) in [5.41, 5.74) is 4.10. The van der Waals surface area contributed by atoms with Crippen LogP contribution in [0.5, 0.6) is 0 Å². The number of nitrogens with zero attached hydrogens (tertiary/aromatic N) is 12. The number of ether oxygens (including phenoxy) is 14. The zero-order chi connectivity index (χ0) is 116. The molecule has 150 heavy (non-hydrogen) atoms. The maximum Gasteiger partial charge on any atom is 0.0947 e. The second-order valence-corrected chi connectivity index (χ2v) is 47.5. The fourth-order valence-corrected chi connectivity index (χ4v) is 15.3. The van der Waals surface area contributed by atoms with Crippen molar-refractivity contribution in [3.05, 3.63) is 47.0 Å². The normalized spacial score (nSPS) is 18.0. The number of hydrogen-bond donors (Lipinski definition) is 0. The first-order chi connectivity index (χ1) is 70.4. The van der Waals surface area contributed by atoms with Gasteiger partial charge in [0.2, 0.25) is 0 Å². The number of piperidine rings is 1. The number of methoxy groups -OCH3 is 10. The van der Waals surface area contributed by atoms with Crippen LogP contribution >= 0.6 is 0 Å². The van der Waals surface area contributed by atoms with Gasteiger partial charge in [-0.25, -0.2) is 0 Å². The molecule has 0 aromatic heterocycles. The van der Waals surface area contributed by atoms with Gasteiger partial charge >= 0.3 is 0 Å². The quantitative estimate of drug-likeness (QED) is 0.0565. The topological polar surface area (TPSA) is 168 Å². The van der Waals surface area contributed by atoms with Crippen molar-refractivity contribution in [3.63, 3.8) is 0 Å². The molecule has 904 valence electrons. The predicted octanol–water partition coefficient (Wildman–Crippen LogP) is 23.0. The van der Waals surface area contributed by atoms with Crippen LogP contribution in [-0.2, 0) is 66.3 Å². The number of rotatable bonds is 46. The fraction of sp³-hybridized carbons (Fsp3) is 0.935. The van der Waals surface area contributed by atoms with Crippen molar-refractivity contribution >= 4 is 0 Å². The molecule has 26 heteroatoms. The Morgan fingerprint density at radius 2 is 0.820 bits per heavy atom. The van der Waals surface area contributed by atoms with Gasteiger partial charge in [0.1, 0.15) is 0 Å². The number of benzene rings is 1. The largest absolute Gasteiger partial charge is 0.383 e. The summed E-state index contributed by atoms with van der Waals surface area (Å²) < 4.78 is 72.9. The van der Waals surface area contributed by atoms with Gasteiger partial charge in [-0.2, -0.15) is 0 Å². The Kier molecular flexibility index (Phi) is 106. The minimum Gasteiger partial charge on any atom is -0.383 e. The lowest BCUT2D eigenvalue weighted by Crippen LogP contribution is -2.42. The monoisotopic (exact) mass is 2150 g/mol. The Labute approximate surface area is 935 Å². The first-order valence-electron chi connectivity index (χ1n) is 59.2. The molecule has 0 N–H and O–H groups in total. The Balaban J connectivity index is -0.000000372. The molecule has 3 saturated carbocycles. The molecule has 8 aliphatic rings. The van der Waals surface area contributed by atoms with Crippen molar-refractivity contribution < 1.29 is 66.3 Å². The first-order valence-corrected chi connectivity index (χ1v) is 59.2. The maximum atomic E-state index is 5.56. The Morgan fingerprint density at radius 1 is 0.367 bits per heavy atom. The summed E-state index contributed by atoms with van der Waals surface area (Å²) in [6, 6.07) is 18.9. The highest BCUT2D eigenvalue weighted by atomic mass is 16.5. The van der Waals surface area contributed by atoms with Crippen LogP contribution in [0.3, 0.4) is 0 Å². The van der Waals surface area contributed by atoms with E-state index in [1.54, 1.807) is 69.6 Å².